The predicted molar refractivity (Wildman–Crippen MR) is 564 cm³/mol. The van der Waals surface area contributed by atoms with Gasteiger partial charge in [0.2, 0.25) is 39.4 Å². The average Bonchev–Trinajstić information content (AvgIpc) is 1.46. The second-order valence-corrected chi connectivity index (χ2v) is 33.7. The van der Waals surface area contributed by atoms with E-state index in [1.807, 2.05) is 200 Å². The molecule has 2 aliphatic heterocycles. The van der Waals surface area contributed by atoms with Gasteiger partial charge in [-0.3, -0.25) is 63.5 Å². The molecule has 0 fully saturated rings. The fourth-order valence-electron chi connectivity index (χ4n) is 17.8. The standard InChI is InChI=1S/C20H13NO4.C20H15NO4.3C20H13NO4.C19H11NO4/c22-20-14(15-9-17-18(10-21-15)24-8-7-23-17)11-25-16-6-5-12-3-1-2-4-13(12)19(16)20;1-23-17-9-15(21-10-18(17)24-2)14-11-25-16-8-7-12-5-3-4-6-13(12)19(16)20(14)22;1-24-20(23)13-6-8-16(21-10-13)15-11-25-17-9-7-12-4-2-3-5-14(12)18(17)19(15)22;1-24-20(23)13-8-9-21-16(10-13)15-11-25-17-7-6-12-4-2-3-5-14(12)18(17)19(15)22;1-12(22)25-14-8-9-21-17(10-14)16-11-24-18-7-6-13-4-2-3-5-15(13)19(18)20(16)23;21-19-13(14-7-16-17(8-20-14)24-10-23-16)9-22-15-6-5-11-3-1-2-4-12(11)18(15)19/h1-6,9-11H,7-8H2;3-11H,1-2H3;3*2-11H,1H3;1-9H,10H2. The summed E-state index contributed by atoms with van der Waals surface area (Å²) in [6, 6.07) is 83.0. The molecule has 12 aromatic heterocycles. The Labute approximate surface area is 840 Å². The molecule has 0 radical (unpaired) electrons. The molecule has 0 amide bonds. The maximum atomic E-state index is 13.1. The van der Waals surface area contributed by atoms with Crippen molar-refractivity contribution in [1.29, 1.82) is 0 Å². The topological polar surface area (TPSA) is 393 Å². The van der Waals surface area contributed by atoms with Crippen molar-refractivity contribution < 1.29 is 83.5 Å². The molecule has 0 unspecified atom stereocenters. The lowest BCUT2D eigenvalue weighted by molar-refractivity contribution is -0.131. The number of esters is 3. The van der Waals surface area contributed by atoms with Crippen molar-refractivity contribution in [2.45, 2.75) is 6.92 Å². The Hall–Kier alpha value is -20.4. The van der Waals surface area contributed by atoms with Gasteiger partial charge in [-0.25, -0.2) is 9.59 Å². The van der Waals surface area contributed by atoms with Gasteiger partial charge in [-0.2, -0.15) is 0 Å². The molecule has 0 bridgehead atoms. The van der Waals surface area contributed by atoms with Gasteiger partial charge >= 0.3 is 17.9 Å². The number of fused-ring (bicyclic) bond motifs is 20. The number of carbonyl (C=O) groups is 3. The molecule has 0 saturated heterocycles. The van der Waals surface area contributed by atoms with E-state index in [-0.39, 0.29) is 39.4 Å². The minimum Gasteiger partial charge on any atom is -0.493 e. The van der Waals surface area contributed by atoms with Gasteiger partial charge in [0.1, 0.15) is 90.0 Å². The highest BCUT2D eigenvalue weighted by Crippen LogP contribution is 2.40. The first-order valence-electron chi connectivity index (χ1n) is 46.3. The summed E-state index contributed by atoms with van der Waals surface area (Å²) < 4.78 is 80.7. The van der Waals surface area contributed by atoms with Crippen LogP contribution in [-0.4, -0.2) is 96.3 Å². The summed E-state index contributed by atoms with van der Waals surface area (Å²) in [5.41, 5.74) is 7.83. The number of rotatable bonds is 11. The number of hydrogen-bond donors (Lipinski definition) is 0. The van der Waals surface area contributed by atoms with E-state index in [1.165, 1.54) is 110 Å². The molecule has 149 heavy (non-hydrogen) atoms. The molecule has 0 N–H and O–H groups in total. The largest absolute Gasteiger partial charge is 0.493 e. The average molecular weight is 1980 g/mol. The van der Waals surface area contributed by atoms with Gasteiger partial charge < -0.3 is 69.1 Å². The van der Waals surface area contributed by atoms with Gasteiger partial charge in [0.05, 0.1) is 158 Å². The molecular weight excluding hydrogens is 1900 g/mol. The summed E-state index contributed by atoms with van der Waals surface area (Å²) in [6.07, 6.45) is 17.5. The van der Waals surface area contributed by atoms with Crippen LogP contribution in [0.15, 0.2) is 403 Å². The minimum absolute atomic E-state index is 0.109. The molecule has 30 nitrogen and oxygen atoms in total. The lowest BCUT2D eigenvalue weighted by Gasteiger charge is -2.18. The zero-order chi connectivity index (χ0) is 102. The monoisotopic (exact) mass is 1970 g/mol. The minimum atomic E-state index is -0.487. The number of benzene rings is 12. The van der Waals surface area contributed by atoms with E-state index >= 15 is 0 Å². The summed E-state index contributed by atoms with van der Waals surface area (Å²) in [5.74, 6) is 2.27. The number of methoxy groups -OCH3 is 4. The zero-order valence-corrected chi connectivity index (χ0v) is 79.5. The molecule has 0 atom stereocenters. The third-order valence-corrected chi connectivity index (χ3v) is 25.0. The van der Waals surface area contributed by atoms with Crippen LogP contribution >= 0.6 is 0 Å². The molecule has 30 heteroatoms. The van der Waals surface area contributed by atoms with Crippen molar-refractivity contribution in [2.75, 3.05) is 48.4 Å². The van der Waals surface area contributed by atoms with Crippen LogP contribution < -0.4 is 65.7 Å². The SMILES string of the molecule is CC(=O)Oc1ccnc(-c2coc3ccc4ccccc4c3c2=O)c1.COC(=O)c1ccc(-c2coc3ccc4ccccc4c3c2=O)nc1.COC(=O)c1ccnc(-c2coc3ccc4ccccc4c3c2=O)c1.COc1cnc(-c2coc3ccc4ccccc4c3c2=O)cc1OC.O=c1c(-c2cc3c(cn2)OCCO3)coc2ccc3ccccc3c12.O=c1c(-c2cc3c(cn2)OCO3)coc2ccc3ccccc3c12. The normalized spacial score (nSPS) is 11.6. The molecule has 0 aliphatic carbocycles. The number of carbonyl (C=O) groups excluding carboxylic acids is 3. The summed E-state index contributed by atoms with van der Waals surface area (Å²) in [6.45, 7) is 2.46. The second kappa shape index (κ2) is 41.3. The molecule has 14 heterocycles. The number of hydrogen-bond acceptors (Lipinski definition) is 30. The Bertz CT molecular complexity index is 9740. The van der Waals surface area contributed by atoms with Gasteiger partial charge in [-0.15, -0.1) is 0 Å². The number of ether oxygens (including phenoxy) is 9. The van der Waals surface area contributed by atoms with Crippen LogP contribution in [0.3, 0.4) is 0 Å². The Kier molecular flexibility index (Phi) is 26.2. The molecule has 0 spiro atoms. The highest BCUT2D eigenvalue weighted by Gasteiger charge is 2.25. The lowest BCUT2D eigenvalue weighted by Crippen LogP contribution is -2.16. The van der Waals surface area contributed by atoms with E-state index in [0.717, 1.165) is 64.6 Å². The summed E-state index contributed by atoms with van der Waals surface area (Å²) in [4.78, 5) is 138. The number of pyridine rings is 6. The van der Waals surface area contributed by atoms with E-state index in [0.29, 0.717) is 198 Å². The second-order valence-electron chi connectivity index (χ2n) is 33.7. The van der Waals surface area contributed by atoms with Crippen molar-refractivity contribution >= 4 is 148 Å². The van der Waals surface area contributed by atoms with Gasteiger partial charge in [-0.1, -0.05) is 182 Å². The van der Waals surface area contributed by atoms with Crippen LogP contribution in [0.5, 0.6) is 40.2 Å². The molecular formula is C119H78N6O24. The Morgan fingerprint density at radius 3 is 0.926 bits per heavy atom. The van der Waals surface area contributed by atoms with Gasteiger partial charge in [0.15, 0.2) is 34.5 Å². The van der Waals surface area contributed by atoms with E-state index in [2.05, 4.69) is 34.6 Å². The first-order chi connectivity index (χ1) is 72.8. The fraction of sp³-hybridized carbons (Fsp3) is 0.0672. The number of nitrogens with zero attached hydrogens (tertiary/aromatic N) is 6. The Morgan fingerprint density at radius 1 is 0.268 bits per heavy atom. The van der Waals surface area contributed by atoms with Crippen molar-refractivity contribution in [3.63, 3.8) is 0 Å². The van der Waals surface area contributed by atoms with Crippen molar-refractivity contribution in [1.82, 2.24) is 29.9 Å². The third kappa shape index (κ3) is 18.7. The van der Waals surface area contributed by atoms with Gasteiger partial charge in [0, 0.05) is 49.8 Å². The summed E-state index contributed by atoms with van der Waals surface area (Å²) in [5, 5.41) is 14.1. The van der Waals surface area contributed by atoms with E-state index in [4.69, 9.17) is 64.4 Å². The molecule has 2 aliphatic rings. The van der Waals surface area contributed by atoms with Crippen LogP contribution in [0.4, 0.5) is 0 Å². The van der Waals surface area contributed by atoms with E-state index in [1.54, 1.807) is 73.1 Å². The number of aromatic nitrogens is 6. The fourth-order valence-corrected chi connectivity index (χ4v) is 17.8. The van der Waals surface area contributed by atoms with Crippen LogP contribution in [0.25, 0.3) is 198 Å². The van der Waals surface area contributed by atoms with Crippen LogP contribution in [-0.2, 0) is 14.3 Å². The van der Waals surface area contributed by atoms with Gasteiger partial charge in [-0.05, 0) is 131 Å². The molecule has 12 aromatic carbocycles. The van der Waals surface area contributed by atoms with Crippen LogP contribution in [0.1, 0.15) is 27.6 Å². The maximum Gasteiger partial charge on any atom is 0.339 e. The quantitative estimate of drug-likeness (QED) is 0.0857. The molecule has 728 valence electrons. The maximum absolute atomic E-state index is 13.1. The van der Waals surface area contributed by atoms with Gasteiger partial charge in [0.25, 0.3) is 0 Å². The molecule has 24 aromatic rings. The lowest BCUT2D eigenvalue weighted by atomic mass is 10.0. The highest BCUT2D eigenvalue weighted by molar-refractivity contribution is 6.12. The molecule has 0 saturated carbocycles. The Morgan fingerprint density at radius 2 is 0.570 bits per heavy atom. The summed E-state index contributed by atoms with van der Waals surface area (Å²) in [7, 11) is 5.69. The Balaban J connectivity index is 0.000000105. The van der Waals surface area contributed by atoms with Crippen molar-refractivity contribution in [2.24, 2.45) is 0 Å². The predicted octanol–water partition coefficient (Wildman–Crippen LogP) is 23.1. The zero-order valence-electron chi connectivity index (χ0n) is 79.5. The van der Waals surface area contributed by atoms with Crippen LogP contribution in [0, 0.1) is 0 Å². The smallest absolute Gasteiger partial charge is 0.339 e. The van der Waals surface area contributed by atoms with Crippen molar-refractivity contribution in [3.05, 3.63) is 420 Å². The van der Waals surface area contributed by atoms with Crippen LogP contribution in [0.2, 0.25) is 0 Å². The van der Waals surface area contributed by atoms with E-state index in [9.17, 15) is 43.2 Å². The first-order valence-corrected chi connectivity index (χ1v) is 46.3. The molecule has 26 rings (SSSR count). The third-order valence-electron chi connectivity index (χ3n) is 25.0. The first kappa shape index (κ1) is 94.8. The highest BCUT2D eigenvalue weighted by atomic mass is 16.7. The van der Waals surface area contributed by atoms with E-state index < -0.39 is 17.9 Å². The summed E-state index contributed by atoms with van der Waals surface area (Å²) >= 11 is 0. The van der Waals surface area contributed by atoms with Crippen molar-refractivity contribution in [3.8, 4) is 108 Å².